The van der Waals surface area contributed by atoms with E-state index in [1.807, 2.05) is 6.07 Å². The summed E-state index contributed by atoms with van der Waals surface area (Å²) in [7, 11) is 0. The number of hydrogen-bond donors (Lipinski definition) is 0. The Bertz CT molecular complexity index is 717. The van der Waals surface area contributed by atoms with E-state index in [1.54, 1.807) is 0 Å². The third-order valence-corrected chi connectivity index (χ3v) is 6.07. The summed E-state index contributed by atoms with van der Waals surface area (Å²) in [6.07, 6.45) is 4.56. The molecule has 2 aliphatic heterocycles. The number of hydrogen-bond acceptors (Lipinski definition) is 3. The molecule has 2 atom stereocenters. The van der Waals surface area contributed by atoms with Gasteiger partial charge in [-0.05, 0) is 36.8 Å². The molecule has 3 nitrogen and oxygen atoms in total. The predicted molar refractivity (Wildman–Crippen MR) is 107 cm³/mol. The lowest BCUT2D eigenvalue weighted by Crippen LogP contribution is -2.57. The molecule has 2 heterocycles. The van der Waals surface area contributed by atoms with E-state index < -0.39 is 0 Å². The van der Waals surface area contributed by atoms with E-state index in [2.05, 4.69) is 59.5 Å². The Morgan fingerprint density at radius 1 is 0.889 bits per heavy atom. The Hall–Kier alpha value is -1.97. The number of fused-ring (bicyclic) bond motifs is 2. The fraction of sp³-hybridized carbons (Fsp3) is 0.458. The van der Waals surface area contributed by atoms with Crippen LogP contribution in [0.1, 0.15) is 36.8 Å². The number of nitrogens with zero attached hydrogens (tertiary/aromatic N) is 1. The number of benzene rings is 2. The van der Waals surface area contributed by atoms with Crippen LogP contribution in [-0.2, 0) is 22.5 Å². The van der Waals surface area contributed by atoms with Gasteiger partial charge in [0.05, 0.1) is 13.2 Å². The maximum Gasteiger partial charge on any atom is 0.136 e. The number of carbonyl (C=O) groups is 1. The molecule has 0 saturated carbocycles. The number of piperidine rings is 1. The van der Waals surface area contributed by atoms with E-state index in [0.29, 0.717) is 24.3 Å². The molecule has 2 saturated heterocycles. The summed E-state index contributed by atoms with van der Waals surface area (Å²) in [6, 6.07) is 21.9. The molecule has 0 radical (unpaired) electrons. The molecule has 2 unspecified atom stereocenters. The second-order valence-corrected chi connectivity index (χ2v) is 7.98. The molecule has 0 spiro atoms. The highest BCUT2D eigenvalue weighted by Crippen LogP contribution is 2.34. The highest BCUT2D eigenvalue weighted by Gasteiger charge is 2.40. The van der Waals surface area contributed by atoms with Crippen molar-refractivity contribution in [1.29, 1.82) is 0 Å². The lowest BCUT2D eigenvalue weighted by atomic mass is 9.81. The Morgan fingerprint density at radius 2 is 1.48 bits per heavy atom. The van der Waals surface area contributed by atoms with Gasteiger partial charge in [-0.25, -0.2) is 0 Å². The lowest BCUT2D eigenvalue weighted by molar-refractivity contribution is -0.133. The van der Waals surface area contributed by atoms with Gasteiger partial charge in [0.15, 0.2) is 0 Å². The summed E-state index contributed by atoms with van der Waals surface area (Å²) in [4.78, 5) is 15.4. The first-order valence-corrected chi connectivity index (χ1v) is 10.2. The maximum absolute atomic E-state index is 12.8. The molecule has 3 heteroatoms. The van der Waals surface area contributed by atoms with Crippen LogP contribution in [0.15, 0.2) is 60.7 Å². The molecule has 0 amide bonds. The van der Waals surface area contributed by atoms with E-state index in [9.17, 15) is 4.79 Å². The normalized spacial score (nSPS) is 25.3. The van der Waals surface area contributed by atoms with Crippen LogP contribution in [0.25, 0.3) is 0 Å². The van der Waals surface area contributed by atoms with Crippen molar-refractivity contribution < 1.29 is 9.53 Å². The Labute approximate surface area is 162 Å². The van der Waals surface area contributed by atoms with Crippen LogP contribution < -0.4 is 0 Å². The topological polar surface area (TPSA) is 29.5 Å². The number of rotatable bonds is 7. The second kappa shape index (κ2) is 8.81. The molecule has 0 N–H and O–H groups in total. The average molecular weight is 364 g/mol. The molecule has 4 rings (SSSR count). The zero-order chi connectivity index (χ0) is 18.5. The van der Waals surface area contributed by atoms with E-state index in [-0.39, 0.29) is 5.92 Å². The van der Waals surface area contributed by atoms with Crippen LogP contribution in [-0.4, -0.2) is 36.0 Å². The van der Waals surface area contributed by atoms with Crippen molar-refractivity contribution in [2.75, 3.05) is 13.2 Å². The quantitative estimate of drug-likeness (QED) is 0.736. The van der Waals surface area contributed by atoms with Crippen molar-refractivity contribution in [1.82, 2.24) is 4.90 Å². The van der Waals surface area contributed by atoms with Gasteiger partial charge in [0.25, 0.3) is 0 Å². The van der Waals surface area contributed by atoms with Gasteiger partial charge in [-0.1, -0.05) is 60.7 Å². The standard InChI is InChI=1S/C24H29NO2/c26-24(13-7-12-19-8-3-1-4-9-19)21-14-22-17-27-18-23(15-21)25(22)16-20-10-5-2-6-11-20/h1-6,8-11,21-23H,7,12-18H2. The number of carbonyl (C=O) groups excluding carboxylic acids is 1. The number of morpholine rings is 1. The fourth-order valence-corrected chi connectivity index (χ4v) is 4.62. The number of Topliss-reactive ketones (excluding diaryl/α,β-unsaturated/α-hetero) is 1. The van der Waals surface area contributed by atoms with Crippen LogP contribution in [0.4, 0.5) is 0 Å². The van der Waals surface area contributed by atoms with Crippen molar-refractivity contribution in [2.24, 2.45) is 5.92 Å². The van der Waals surface area contributed by atoms with Crippen molar-refractivity contribution in [3.8, 4) is 0 Å². The summed E-state index contributed by atoms with van der Waals surface area (Å²) < 4.78 is 5.82. The van der Waals surface area contributed by atoms with Crippen LogP contribution >= 0.6 is 0 Å². The van der Waals surface area contributed by atoms with Crippen LogP contribution in [0.2, 0.25) is 0 Å². The van der Waals surface area contributed by atoms with Gasteiger partial charge >= 0.3 is 0 Å². The minimum absolute atomic E-state index is 0.215. The minimum Gasteiger partial charge on any atom is -0.378 e. The van der Waals surface area contributed by atoms with Crippen molar-refractivity contribution in [2.45, 2.75) is 50.7 Å². The highest BCUT2D eigenvalue weighted by atomic mass is 16.5. The first-order chi connectivity index (χ1) is 13.3. The Kier molecular flexibility index (Phi) is 6.00. The summed E-state index contributed by atoms with van der Waals surface area (Å²) in [5.41, 5.74) is 2.68. The summed E-state index contributed by atoms with van der Waals surface area (Å²) >= 11 is 0. The molecule has 2 aliphatic rings. The number of aryl methyl sites for hydroxylation is 1. The number of ether oxygens (including phenoxy) is 1. The molecule has 0 aromatic heterocycles. The first-order valence-electron chi connectivity index (χ1n) is 10.2. The van der Waals surface area contributed by atoms with Gasteiger partial charge in [-0.15, -0.1) is 0 Å². The van der Waals surface area contributed by atoms with Gasteiger partial charge in [0.2, 0.25) is 0 Å². The molecule has 27 heavy (non-hydrogen) atoms. The van der Waals surface area contributed by atoms with Gasteiger partial charge < -0.3 is 4.74 Å². The van der Waals surface area contributed by atoms with Gasteiger partial charge in [-0.2, -0.15) is 0 Å². The van der Waals surface area contributed by atoms with Crippen LogP contribution in [0.5, 0.6) is 0 Å². The van der Waals surface area contributed by atoms with E-state index in [4.69, 9.17) is 4.74 Å². The van der Waals surface area contributed by atoms with Gasteiger partial charge in [0.1, 0.15) is 5.78 Å². The van der Waals surface area contributed by atoms with E-state index in [1.165, 1.54) is 11.1 Å². The maximum atomic E-state index is 12.8. The summed E-state index contributed by atoms with van der Waals surface area (Å²) in [6.45, 7) is 2.49. The van der Waals surface area contributed by atoms with Crippen LogP contribution in [0, 0.1) is 5.92 Å². The third kappa shape index (κ3) is 4.66. The Balaban J connectivity index is 1.31. The molecule has 2 aromatic carbocycles. The van der Waals surface area contributed by atoms with E-state index in [0.717, 1.165) is 45.4 Å². The molecule has 2 fully saturated rings. The fourth-order valence-electron chi connectivity index (χ4n) is 4.62. The highest BCUT2D eigenvalue weighted by molar-refractivity contribution is 5.81. The molecular formula is C24H29NO2. The SMILES string of the molecule is O=C(CCCc1ccccc1)C1CC2COCC(C1)N2Cc1ccccc1. The summed E-state index contributed by atoms with van der Waals surface area (Å²) in [5.74, 6) is 0.675. The predicted octanol–water partition coefficient (Wildman–Crippen LogP) is 4.26. The van der Waals surface area contributed by atoms with Gasteiger partial charge in [-0.3, -0.25) is 9.69 Å². The zero-order valence-electron chi connectivity index (χ0n) is 15.9. The van der Waals surface area contributed by atoms with E-state index >= 15 is 0 Å². The Morgan fingerprint density at radius 3 is 2.11 bits per heavy atom. The minimum atomic E-state index is 0.215. The second-order valence-electron chi connectivity index (χ2n) is 7.98. The first kappa shape index (κ1) is 18.4. The number of ketones is 1. The van der Waals surface area contributed by atoms with Crippen molar-refractivity contribution >= 4 is 5.78 Å². The molecular weight excluding hydrogens is 334 g/mol. The average Bonchev–Trinajstić information content (AvgIpc) is 2.69. The third-order valence-electron chi connectivity index (χ3n) is 6.07. The van der Waals surface area contributed by atoms with Gasteiger partial charge in [0, 0.05) is 31.0 Å². The molecule has 142 valence electrons. The molecule has 2 bridgehead atoms. The monoisotopic (exact) mass is 363 g/mol. The summed E-state index contributed by atoms with van der Waals surface area (Å²) in [5, 5.41) is 0. The van der Waals surface area contributed by atoms with Crippen molar-refractivity contribution in [3.63, 3.8) is 0 Å². The zero-order valence-corrected chi connectivity index (χ0v) is 15.9. The molecule has 0 aliphatic carbocycles. The molecule has 2 aromatic rings. The smallest absolute Gasteiger partial charge is 0.136 e. The largest absolute Gasteiger partial charge is 0.378 e. The lowest BCUT2D eigenvalue weighted by Gasteiger charge is -2.48. The van der Waals surface area contributed by atoms with Crippen molar-refractivity contribution in [3.05, 3.63) is 71.8 Å². The van der Waals surface area contributed by atoms with Crippen LogP contribution in [0.3, 0.4) is 0 Å².